The second-order valence-corrected chi connectivity index (χ2v) is 12.2. The lowest BCUT2D eigenvalue weighted by molar-refractivity contribution is -0.140. The van der Waals surface area contributed by atoms with E-state index in [1.807, 2.05) is 95.3 Å². The van der Waals surface area contributed by atoms with Crippen LogP contribution in [0.15, 0.2) is 72.8 Å². The van der Waals surface area contributed by atoms with Gasteiger partial charge in [0, 0.05) is 19.0 Å². The molecule has 1 unspecified atom stereocenters. The lowest BCUT2D eigenvalue weighted by atomic mass is 10.0. The maximum atomic E-state index is 14.1. The van der Waals surface area contributed by atoms with E-state index in [-0.39, 0.29) is 18.5 Å². The Bertz CT molecular complexity index is 1400. The minimum atomic E-state index is -3.81. The summed E-state index contributed by atoms with van der Waals surface area (Å²) in [5, 5.41) is 2.97. The first kappa shape index (κ1) is 29.9. The standard InChI is InChI=1S/C31H39N3O4S/c1-22(2)32-31(36)29(19-26-15-8-7-9-16-26)33(20-27-17-11-10-13-24(27)4)30(35)21-34(39(6,37)38)28-18-12-14-23(3)25(28)5/h7-18,22,29H,19-21H2,1-6H3,(H,32,36). The fourth-order valence-corrected chi connectivity index (χ4v) is 5.41. The third kappa shape index (κ3) is 7.93. The van der Waals surface area contributed by atoms with Crippen molar-refractivity contribution in [1.29, 1.82) is 0 Å². The van der Waals surface area contributed by atoms with E-state index >= 15 is 0 Å². The monoisotopic (exact) mass is 549 g/mol. The van der Waals surface area contributed by atoms with Gasteiger partial charge in [-0.05, 0) is 68.5 Å². The summed E-state index contributed by atoms with van der Waals surface area (Å²) in [7, 11) is -3.81. The Morgan fingerprint density at radius 1 is 0.846 bits per heavy atom. The number of anilines is 1. The topological polar surface area (TPSA) is 86.8 Å². The largest absolute Gasteiger partial charge is 0.352 e. The Labute approximate surface area is 232 Å². The SMILES string of the molecule is Cc1ccccc1CN(C(=O)CN(c1cccc(C)c1C)S(C)(=O)=O)C(Cc1ccccc1)C(=O)NC(C)C. The fraction of sp³-hybridized carbons (Fsp3) is 0.355. The highest BCUT2D eigenvalue weighted by atomic mass is 32.2. The van der Waals surface area contributed by atoms with E-state index in [1.54, 1.807) is 12.1 Å². The van der Waals surface area contributed by atoms with Crippen LogP contribution in [0.3, 0.4) is 0 Å². The molecule has 0 aliphatic carbocycles. The first-order valence-corrected chi connectivity index (χ1v) is 15.0. The normalized spacial score (nSPS) is 12.2. The van der Waals surface area contributed by atoms with Gasteiger partial charge in [0.2, 0.25) is 21.8 Å². The second-order valence-electron chi connectivity index (χ2n) is 10.3. The molecule has 39 heavy (non-hydrogen) atoms. The minimum Gasteiger partial charge on any atom is -0.352 e. The number of aryl methyl sites for hydroxylation is 2. The molecule has 1 N–H and O–H groups in total. The van der Waals surface area contributed by atoms with Crippen molar-refractivity contribution in [1.82, 2.24) is 10.2 Å². The minimum absolute atomic E-state index is 0.131. The van der Waals surface area contributed by atoms with Crippen molar-refractivity contribution in [2.45, 2.75) is 59.7 Å². The molecule has 2 amide bonds. The van der Waals surface area contributed by atoms with Gasteiger partial charge >= 0.3 is 0 Å². The van der Waals surface area contributed by atoms with Crippen molar-refractivity contribution in [2.24, 2.45) is 0 Å². The number of carbonyl (C=O) groups excluding carboxylic acids is 2. The molecule has 7 nitrogen and oxygen atoms in total. The summed E-state index contributed by atoms with van der Waals surface area (Å²) in [5.41, 5.74) is 4.92. The number of hydrogen-bond donors (Lipinski definition) is 1. The van der Waals surface area contributed by atoms with Gasteiger partial charge < -0.3 is 10.2 Å². The molecule has 3 aromatic rings. The second kappa shape index (κ2) is 12.9. The number of nitrogens with zero attached hydrogens (tertiary/aromatic N) is 2. The molecule has 0 fully saturated rings. The molecule has 0 saturated carbocycles. The van der Waals surface area contributed by atoms with Gasteiger partial charge in [-0.2, -0.15) is 0 Å². The van der Waals surface area contributed by atoms with E-state index < -0.39 is 28.5 Å². The summed E-state index contributed by atoms with van der Waals surface area (Å²) in [6, 6.07) is 21.6. The van der Waals surface area contributed by atoms with Crippen LogP contribution in [0.5, 0.6) is 0 Å². The van der Waals surface area contributed by atoms with Crippen LogP contribution in [-0.4, -0.2) is 50.0 Å². The summed E-state index contributed by atoms with van der Waals surface area (Å²) >= 11 is 0. The number of amides is 2. The number of sulfonamides is 1. The fourth-order valence-electron chi connectivity index (χ4n) is 4.51. The maximum Gasteiger partial charge on any atom is 0.244 e. The number of benzene rings is 3. The molecule has 3 aromatic carbocycles. The first-order chi connectivity index (χ1) is 18.4. The summed E-state index contributed by atoms with van der Waals surface area (Å²) in [6.45, 7) is 9.18. The number of carbonyl (C=O) groups is 2. The van der Waals surface area contributed by atoms with Crippen molar-refractivity contribution in [3.8, 4) is 0 Å². The lowest BCUT2D eigenvalue weighted by Crippen LogP contribution is -2.54. The summed E-state index contributed by atoms with van der Waals surface area (Å²) in [6.07, 6.45) is 1.39. The smallest absolute Gasteiger partial charge is 0.244 e. The van der Waals surface area contributed by atoms with Crippen molar-refractivity contribution in [3.63, 3.8) is 0 Å². The highest BCUT2D eigenvalue weighted by Gasteiger charge is 2.33. The molecule has 0 aliphatic rings. The van der Waals surface area contributed by atoms with Crippen LogP contribution in [-0.2, 0) is 32.6 Å². The number of nitrogens with one attached hydrogen (secondary N) is 1. The van der Waals surface area contributed by atoms with Crippen LogP contribution < -0.4 is 9.62 Å². The van der Waals surface area contributed by atoms with Gasteiger partial charge in [-0.1, -0.05) is 66.7 Å². The van der Waals surface area contributed by atoms with Crippen molar-refractivity contribution < 1.29 is 18.0 Å². The quantitative estimate of drug-likeness (QED) is 0.380. The van der Waals surface area contributed by atoms with Crippen molar-refractivity contribution in [3.05, 3.63) is 101 Å². The van der Waals surface area contributed by atoms with Crippen LogP contribution in [0.4, 0.5) is 5.69 Å². The third-order valence-electron chi connectivity index (χ3n) is 6.83. The highest BCUT2D eigenvalue weighted by molar-refractivity contribution is 7.92. The molecule has 0 heterocycles. The molecule has 0 aromatic heterocycles. The van der Waals surface area contributed by atoms with Crippen LogP contribution in [0.2, 0.25) is 0 Å². The van der Waals surface area contributed by atoms with Crippen molar-refractivity contribution >= 4 is 27.5 Å². The zero-order valence-corrected chi connectivity index (χ0v) is 24.5. The molecule has 0 aliphatic heterocycles. The van der Waals surface area contributed by atoms with E-state index in [9.17, 15) is 18.0 Å². The van der Waals surface area contributed by atoms with Crippen LogP contribution in [0, 0.1) is 20.8 Å². The van der Waals surface area contributed by atoms with Gasteiger partial charge in [-0.25, -0.2) is 8.42 Å². The van der Waals surface area contributed by atoms with Gasteiger partial charge in [-0.3, -0.25) is 13.9 Å². The lowest BCUT2D eigenvalue weighted by Gasteiger charge is -2.34. The Morgan fingerprint density at radius 3 is 2.08 bits per heavy atom. The average Bonchev–Trinajstić information content (AvgIpc) is 2.87. The molecule has 3 rings (SSSR count). The molecule has 0 bridgehead atoms. The van der Waals surface area contributed by atoms with Gasteiger partial charge in [0.15, 0.2) is 0 Å². The molecular weight excluding hydrogens is 510 g/mol. The molecule has 208 valence electrons. The highest BCUT2D eigenvalue weighted by Crippen LogP contribution is 2.26. The molecular formula is C31H39N3O4S. The predicted molar refractivity (Wildman–Crippen MR) is 157 cm³/mol. The van der Waals surface area contributed by atoms with E-state index in [4.69, 9.17) is 0 Å². The first-order valence-electron chi connectivity index (χ1n) is 13.1. The summed E-state index contributed by atoms with van der Waals surface area (Å²) in [5.74, 6) is -0.738. The molecule has 0 radical (unpaired) electrons. The third-order valence-corrected chi connectivity index (χ3v) is 7.95. The van der Waals surface area contributed by atoms with Crippen molar-refractivity contribution in [2.75, 3.05) is 17.1 Å². The Kier molecular flexibility index (Phi) is 9.92. The summed E-state index contributed by atoms with van der Waals surface area (Å²) in [4.78, 5) is 29.3. The van der Waals surface area contributed by atoms with E-state index in [1.165, 1.54) is 4.90 Å². The van der Waals surface area contributed by atoms with Crippen LogP contribution >= 0.6 is 0 Å². The van der Waals surface area contributed by atoms with Gasteiger partial charge in [0.05, 0.1) is 11.9 Å². The maximum absolute atomic E-state index is 14.1. The number of rotatable bonds is 11. The van der Waals surface area contributed by atoms with Crippen LogP contribution in [0.25, 0.3) is 0 Å². The molecule has 8 heteroatoms. The van der Waals surface area contributed by atoms with E-state index in [0.717, 1.165) is 38.4 Å². The predicted octanol–water partition coefficient (Wildman–Crippen LogP) is 4.54. The molecule has 0 spiro atoms. The van der Waals surface area contributed by atoms with Gasteiger partial charge in [0.1, 0.15) is 12.6 Å². The summed E-state index contributed by atoms with van der Waals surface area (Å²) < 4.78 is 27.1. The zero-order chi connectivity index (χ0) is 28.7. The Morgan fingerprint density at radius 2 is 1.46 bits per heavy atom. The Balaban J connectivity index is 2.09. The zero-order valence-electron chi connectivity index (χ0n) is 23.6. The molecule has 1 atom stereocenters. The van der Waals surface area contributed by atoms with E-state index in [2.05, 4.69) is 5.32 Å². The van der Waals surface area contributed by atoms with Gasteiger partial charge in [0.25, 0.3) is 0 Å². The molecule has 0 saturated heterocycles. The number of hydrogen-bond acceptors (Lipinski definition) is 4. The Hall–Kier alpha value is -3.65. The average molecular weight is 550 g/mol. The van der Waals surface area contributed by atoms with E-state index in [0.29, 0.717) is 12.1 Å². The van der Waals surface area contributed by atoms with Crippen LogP contribution in [0.1, 0.15) is 41.7 Å². The van der Waals surface area contributed by atoms with Gasteiger partial charge in [-0.15, -0.1) is 0 Å².